The van der Waals surface area contributed by atoms with Crippen molar-refractivity contribution in [2.45, 2.75) is 68.7 Å². The lowest BCUT2D eigenvalue weighted by atomic mass is 9.98. The van der Waals surface area contributed by atoms with Gasteiger partial charge in [0.1, 0.15) is 6.04 Å². The highest BCUT2D eigenvalue weighted by atomic mass is 19.4. The summed E-state index contributed by atoms with van der Waals surface area (Å²) in [4.78, 5) is 30.3. The number of alkyl halides is 6. The van der Waals surface area contributed by atoms with E-state index in [-0.39, 0.29) is 30.6 Å². The summed E-state index contributed by atoms with van der Waals surface area (Å²) >= 11 is 0. The molecule has 0 saturated carbocycles. The van der Waals surface area contributed by atoms with Crippen molar-refractivity contribution in [2.24, 2.45) is 5.73 Å². The topological polar surface area (TPSA) is 93.7 Å². The molecule has 5 atom stereocenters. The average molecular weight is 517 g/mol. The highest BCUT2D eigenvalue weighted by Gasteiger charge is 2.52. The van der Waals surface area contributed by atoms with Crippen LogP contribution in [0.3, 0.4) is 0 Å². The molecule has 3 aliphatic rings. The molecule has 3 fully saturated rings. The second-order valence-corrected chi connectivity index (χ2v) is 9.55. The number of piperazine rings is 1. The summed E-state index contributed by atoms with van der Waals surface area (Å²) in [5, 5.41) is 9.20. The normalized spacial score (nSPS) is 26.4. The first-order valence-electron chi connectivity index (χ1n) is 11.5. The van der Waals surface area contributed by atoms with Crippen molar-refractivity contribution in [3.8, 4) is 6.07 Å². The molecular formula is C23H25F6N5O2. The van der Waals surface area contributed by atoms with Gasteiger partial charge in [0.15, 0.2) is 0 Å². The summed E-state index contributed by atoms with van der Waals surface area (Å²) in [6.07, 6.45) is -8.37. The van der Waals surface area contributed by atoms with Crippen molar-refractivity contribution in [3.05, 3.63) is 34.9 Å². The van der Waals surface area contributed by atoms with Crippen molar-refractivity contribution in [3.63, 3.8) is 0 Å². The van der Waals surface area contributed by atoms with Gasteiger partial charge in [0.05, 0.1) is 35.3 Å². The van der Waals surface area contributed by atoms with Crippen molar-refractivity contribution in [1.82, 2.24) is 14.7 Å². The fourth-order valence-corrected chi connectivity index (χ4v) is 5.49. The number of nitrogens with zero attached hydrogens (tertiary/aromatic N) is 4. The number of benzene rings is 1. The van der Waals surface area contributed by atoms with Crippen LogP contribution in [0.5, 0.6) is 0 Å². The van der Waals surface area contributed by atoms with E-state index < -0.39 is 59.6 Å². The Kier molecular flexibility index (Phi) is 6.72. The van der Waals surface area contributed by atoms with Crippen molar-refractivity contribution in [1.29, 1.82) is 5.26 Å². The van der Waals surface area contributed by atoms with Crippen molar-refractivity contribution >= 4 is 11.8 Å². The maximum Gasteiger partial charge on any atom is 0.416 e. The van der Waals surface area contributed by atoms with E-state index in [4.69, 9.17) is 5.73 Å². The molecule has 36 heavy (non-hydrogen) atoms. The van der Waals surface area contributed by atoms with E-state index in [1.165, 1.54) is 16.7 Å². The first kappa shape index (κ1) is 26.2. The molecule has 2 N–H and O–H groups in total. The number of carbonyl (C=O) groups is 2. The summed E-state index contributed by atoms with van der Waals surface area (Å²) in [6, 6.07) is -0.208. The van der Waals surface area contributed by atoms with E-state index in [9.17, 15) is 41.2 Å². The molecule has 0 aromatic heterocycles. The molecule has 0 aliphatic carbocycles. The van der Waals surface area contributed by atoms with Gasteiger partial charge in [-0.05, 0) is 49.9 Å². The number of rotatable bonds is 5. The van der Waals surface area contributed by atoms with Crippen molar-refractivity contribution < 1.29 is 35.9 Å². The second-order valence-electron chi connectivity index (χ2n) is 9.55. The third-order valence-corrected chi connectivity index (χ3v) is 7.26. The van der Waals surface area contributed by atoms with Crippen LogP contribution in [0.25, 0.3) is 0 Å². The Morgan fingerprint density at radius 1 is 1.17 bits per heavy atom. The number of halogens is 6. The van der Waals surface area contributed by atoms with Crippen LogP contribution in [-0.2, 0) is 21.9 Å². The number of nitrogens with two attached hydrogens (primary N) is 1. The van der Waals surface area contributed by atoms with Gasteiger partial charge in [-0.3, -0.25) is 14.5 Å². The van der Waals surface area contributed by atoms with Crippen LogP contribution in [-0.4, -0.2) is 70.3 Å². The summed E-state index contributed by atoms with van der Waals surface area (Å²) in [7, 11) is 0. The van der Waals surface area contributed by atoms with E-state index in [1.54, 1.807) is 4.90 Å². The fraction of sp³-hybridized carbons (Fsp3) is 0.609. The molecule has 3 heterocycles. The maximum atomic E-state index is 13.3. The van der Waals surface area contributed by atoms with Crippen LogP contribution < -0.4 is 5.73 Å². The first-order chi connectivity index (χ1) is 16.7. The Labute approximate surface area is 203 Å². The monoisotopic (exact) mass is 517 g/mol. The molecule has 4 rings (SSSR count). The Morgan fingerprint density at radius 3 is 2.31 bits per heavy atom. The fourth-order valence-electron chi connectivity index (χ4n) is 5.49. The van der Waals surface area contributed by atoms with E-state index in [1.807, 2.05) is 0 Å². The third-order valence-electron chi connectivity index (χ3n) is 7.26. The molecule has 1 aromatic rings. The lowest BCUT2D eigenvalue weighted by Crippen LogP contribution is -2.56. The van der Waals surface area contributed by atoms with Gasteiger partial charge in [0, 0.05) is 25.7 Å². The molecule has 2 amide bonds. The number of carbonyl (C=O) groups excluding carboxylic acids is 2. The number of amides is 2. The van der Waals surface area contributed by atoms with Gasteiger partial charge in [-0.2, -0.15) is 31.6 Å². The minimum absolute atomic E-state index is 0.0599. The molecule has 3 aliphatic heterocycles. The molecule has 1 unspecified atom stereocenters. The smallest absolute Gasteiger partial charge is 0.330 e. The number of hydrogen-bond donors (Lipinski definition) is 1. The van der Waals surface area contributed by atoms with Crippen LogP contribution in [0, 0.1) is 11.3 Å². The van der Waals surface area contributed by atoms with Crippen LogP contribution in [0.15, 0.2) is 18.2 Å². The van der Waals surface area contributed by atoms with Gasteiger partial charge < -0.3 is 15.5 Å². The Morgan fingerprint density at radius 2 is 1.78 bits per heavy atom. The standard InChI is InChI=1S/C23H25F6N5O2/c1-12(13-5-14(22(24,25)26)7-15(6-13)23(27,28)29)34-17-8-19(21(34)36)32(10-17)11-18(31)20(35)33-4-2-3-16(33)9-30/h5-7,12,16-19H,2-4,8,10-11,31H2,1H3/t12-,16+,17?,18+,19-/m1/s1. The zero-order valence-electron chi connectivity index (χ0n) is 19.3. The highest BCUT2D eigenvalue weighted by molar-refractivity contribution is 5.87. The summed E-state index contributed by atoms with van der Waals surface area (Å²) in [5.41, 5.74) is 2.97. The number of hydrogen-bond acceptors (Lipinski definition) is 5. The van der Waals surface area contributed by atoms with Gasteiger partial charge >= 0.3 is 12.4 Å². The number of fused-ring (bicyclic) bond motifs is 2. The van der Waals surface area contributed by atoms with E-state index in [0.717, 1.165) is 0 Å². The highest BCUT2D eigenvalue weighted by Crippen LogP contribution is 2.42. The number of likely N-dealkylation sites (tertiary alicyclic amines) is 3. The molecule has 0 spiro atoms. The zero-order valence-corrected chi connectivity index (χ0v) is 19.3. The van der Waals surface area contributed by atoms with Crippen LogP contribution >= 0.6 is 0 Å². The Bertz CT molecular complexity index is 1050. The van der Waals surface area contributed by atoms with Gasteiger partial charge in [-0.25, -0.2) is 0 Å². The molecule has 3 saturated heterocycles. The van der Waals surface area contributed by atoms with E-state index >= 15 is 0 Å². The minimum atomic E-state index is -4.98. The minimum Gasteiger partial charge on any atom is -0.330 e. The number of nitriles is 1. The summed E-state index contributed by atoms with van der Waals surface area (Å²) < 4.78 is 79.7. The zero-order chi connectivity index (χ0) is 26.6. The van der Waals surface area contributed by atoms with Gasteiger partial charge in [0.25, 0.3) is 0 Å². The summed E-state index contributed by atoms with van der Waals surface area (Å²) in [5.74, 6) is -0.816. The Balaban J connectivity index is 1.49. The van der Waals surface area contributed by atoms with Crippen molar-refractivity contribution in [2.75, 3.05) is 19.6 Å². The largest absolute Gasteiger partial charge is 0.416 e. The average Bonchev–Trinajstić information content (AvgIpc) is 3.51. The summed E-state index contributed by atoms with van der Waals surface area (Å²) in [6.45, 7) is 2.18. The first-order valence-corrected chi connectivity index (χ1v) is 11.5. The van der Waals surface area contributed by atoms with E-state index in [0.29, 0.717) is 37.9 Å². The predicted octanol–water partition coefficient (Wildman–Crippen LogP) is 2.91. The molecule has 1 aromatic carbocycles. The molecule has 196 valence electrons. The van der Waals surface area contributed by atoms with Crippen LogP contribution in [0.2, 0.25) is 0 Å². The molecule has 2 bridgehead atoms. The lowest BCUT2D eigenvalue weighted by Gasteiger charge is -2.38. The van der Waals surface area contributed by atoms with Gasteiger partial charge in [-0.1, -0.05) is 0 Å². The van der Waals surface area contributed by atoms with Crippen LogP contribution in [0.4, 0.5) is 26.3 Å². The molecule has 0 radical (unpaired) electrons. The van der Waals surface area contributed by atoms with Gasteiger partial charge in [0.2, 0.25) is 11.8 Å². The third kappa shape index (κ3) is 4.76. The van der Waals surface area contributed by atoms with Crippen LogP contribution in [0.1, 0.15) is 48.9 Å². The molecule has 7 nitrogen and oxygen atoms in total. The van der Waals surface area contributed by atoms with Gasteiger partial charge in [-0.15, -0.1) is 0 Å². The quantitative estimate of drug-likeness (QED) is 0.607. The second kappa shape index (κ2) is 9.23. The maximum absolute atomic E-state index is 13.3. The van der Waals surface area contributed by atoms with E-state index in [2.05, 4.69) is 6.07 Å². The lowest BCUT2D eigenvalue weighted by molar-refractivity contribution is -0.143. The molecular weight excluding hydrogens is 492 g/mol. The Hall–Kier alpha value is -2.85. The SMILES string of the molecule is C[C@H](c1cc(C(F)(F)F)cc(C(F)(F)F)c1)N1C(=O)[C@H]2CC1CN2C[C@H](N)C(=O)N1CCC[C@H]1C#N. The molecule has 13 heteroatoms. The predicted molar refractivity (Wildman–Crippen MR) is 114 cm³/mol.